The van der Waals surface area contributed by atoms with Crippen LogP contribution in [0.2, 0.25) is 0 Å². The molecule has 3 nitrogen and oxygen atoms in total. The lowest BCUT2D eigenvalue weighted by Crippen LogP contribution is -2.53. The van der Waals surface area contributed by atoms with Crippen LogP contribution in [0.4, 0.5) is 0 Å². The Morgan fingerprint density at radius 1 is 1.29 bits per heavy atom. The van der Waals surface area contributed by atoms with Crippen molar-refractivity contribution in [1.82, 2.24) is 4.90 Å². The number of rotatable bonds is 5. The normalized spacial score (nSPS) is 22.5. The lowest BCUT2D eigenvalue weighted by molar-refractivity contribution is -0.0514. The number of nitrogens with zero attached hydrogens (tertiary/aromatic N) is 1. The molecule has 0 aliphatic carbocycles. The fraction of sp³-hybridized carbons (Fsp3) is 1.00. The van der Waals surface area contributed by atoms with Crippen LogP contribution >= 0.6 is 0 Å². The number of aliphatic hydroxyl groups excluding tert-OH is 1. The van der Waals surface area contributed by atoms with E-state index in [4.69, 9.17) is 9.84 Å². The summed E-state index contributed by atoms with van der Waals surface area (Å²) >= 11 is 0. The zero-order valence-corrected chi connectivity index (χ0v) is 9.46. The SMILES string of the molecule is CC1(C)COCCN1CCCCCO. The molecule has 0 aromatic heterocycles. The molecule has 0 spiro atoms. The highest BCUT2D eigenvalue weighted by Gasteiger charge is 2.29. The van der Waals surface area contributed by atoms with Gasteiger partial charge in [0, 0.05) is 18.7 Å². The molecule has 0 bridgehead atoms. The van der Waals surface area contributed by atoms with Gasteiger partial charge in [-0.05, 0) is 39.7 Å². The van der Waals surface area contributed by atoms with Gasteiger partial charge < -0.3 is 9.84 Å². The maximum absolute atomic E-state index is 8.67. The molecule has 0 aromatic carbocycles. The zero-order valence-electron chi connectivity index (χ0n) is 9.46. The van der Waals surface area contributed by atoms with Gasteiger partial charge in [-0.3, -0.25) is 4.90 Å². The molecule has 1 heterocycles. The Kier molecular flexibility index (Phi) is 4.85. The molecule has 14 heavy (non-hydrogen) atoms. The van der Waals surface area contributed by atoms with Gasteiger partial charge in [0.1, 0.15) is 0 Å². The van der Waals surface area contributed by atoms with E-state index in [1.807, 2.05) is 0 Å². The second-order valence-corrected chi connectivity index (χ2v) is 4.64. The van der Waals surface area contributed by atoms with Crippen LogP contribution in [0, 0.1) is 0 Å². The quantitative estimate of drug-likeness (QED) is 0.680. The van der Waals surface area contributed by atoms with E-state index in [2.05, 4.69) is 18.7 Å². The smallest absolute Gasteiger partial charge is 0.0645 e. The van der Waals surface area contributed by atoms with Crippen LogP contribution in [-0.4, -0.2) is 48.5 Å². The first kappa shape index (κ1) is 12.0. The molecule has 1 rings (SSSR count). The standard InChI is InChI=1S/C11H23NO2/c1-11(2)10-14-9-7-12(11)6-4-3-5-8-13/h13H,3-10H2,1-2H3. The van der Waals surface area contributed by atoms with E-state index in [1.165, 1.54) is 6.42 Å². The van der Waals surface area contributed by atoms with E-state index in [1.54, 1.807) is 0 Å². The molecule has 0 aromatic rings. The van der Waals surface area contributed by atoms with Crippen LogP contribution in [0.5, 0.6) is 0 Å². The molecule has 1 saturated heterocycles. The highest BCUT2D eigenvalue weighted by atomic mass is 16.5. The second-order valence-electron chi connectivity index (χ2n) is 4.64. The molecule has 1 aliphatic heterocycles. The first-order valence-corrected chi connectivity index (χ1v) is 5.60. The number of ether oxygens (including phenoxy) is 1. The molecule has 1 aliphatic rings. The molecule has 0 unspecified atom stereocenters. The summed E-state index contributed by atoms with van der Waals surface area (Å²) in [7, 11) is 0. The summed E-state index contributed by atoms with van der Waals surface area (Å²) in [6.07, 6.45) is 3.25. The predicted octanol–water partition coefficient (Wildman–Crippen LogP) is 1.26. The molecule has 0 saturated carbocycles. The minimum Gasteiger partial charge on any atom is -0.396 e. The van der Waals surface area contributed by atoms with Crippen molar-refractivity contribution in [2.75, 3.05) is 32.9 Å². The third-order valence-electron chi connectivity index (χ3n) is 2.90. The first-order valence-electron chi connectivity index (χ1n) is 5.60. The Morgan fingerprint density at radius 2 is 2.07 bits per heavy atom. The number of hydrogen-bond donors (Lipinski definition) is 1. The molecular formula is C11H23NO2. The van der Waals surface area contributed by atoms with Crippen molar-refractivity contribution in [1.29, 1.82) is 0 Å². The van der Waals surface area contributed by atoms with E-state index in [0.29, 0.717) is 6.61 Å². The third-order valence-corrected chi connectivity index (χ3v) is 2.90. The summed E-state index contributed by atoms with van der Waals surface area (Å²) in [4.78, 5) is 2.49. The summed E-state index contributed by atoms with van der Waals surface area (Å²) < 4.78 is 5.46. The van der Waals surface area contributed by atoms with Gasteiger partial charge in [-0.25, -0.2) is 0 Å². The summed E-state index contributed by atoms with van der Waals surface area (Å²) in [6.45, 7) is 8.68. The van der Waals surface area contributed by atoms with Crippen LogP contribution in [0.1, 0.15) is 33.1 Å². The Labute approximate surface area is 87.1 Å². The van der Waals surface area contributed by atoms with Gasteiger partial charge in [-0.1, -0.05) is 0 Å². The molecule has 1 fully saturated rings. The highest BCUT2D eigenvalue weighted by molar-refractivity contribution is 4.84. The number of aliphatic hydroxyl groups is 1. The summed E-state index contributed by atoms with van der Waals surface area (Å²) in [5.74, 6) is 0. The van der Waals surface area contributed by atoms with Gasteiger partial charge in [-0.15, -0.1) is 0 Å². The van der Waals surface area contributed by atoms with Crippen molar-refractivity contribution in [3.63, 3.8) is 0 Å². The van der Waals surface area contributed by atoms with E-state index in [9.17, 15) is 0 Å². The third kappa shape index (κ3) is 3.56. The molecule has 0 radical (unpaired) electrons. The van der Waals surface area contributed by atoms with Crippen molar-refractivity contribution < 1.29 is 9.84 Å². The van der Waals surface area contributed by atoms with Gasteiger partial charge in [0.2, 0.25) is 0 Å². The van der Waals surface area contributed by atoms with Crippen LogP contribution in [0.25, 0.3) is 0 Å². The maximum atomic E-state index is 8.67. The van der Waals surface area contributed by atoms with Gasteiger partial charge in [0.05, 0.1) is 13.2 Å². The molecule has 0 atom stereocenters. The topological polar surface area (TPSA) is 32.7 Å². The van der Waals surface area contributed by atoms with Crippen molar-refractivity contribution >= 4 is 0 Å². The summed E-state index contributed by atoms with van der Waals surface area (Å²) in [5, 5.41) is 8.67. The first-order chi connectivity index (χ1) is 6.67. The second kappa shape index (κ2) is 5.69. The van der Waals surface area contributed by atoms with E-state index < -0.39 is 0 Å². The van der Waals surface area contributed by atoms with Gasteiger partial charge >= 0.3 is 0 Å². The fourth-order valence-electron chi connectivity index (χ4n) is 1.90. The van der Waals surface area contributed by atoms with Gasteiger partial charge in [-0.2, -0.15) is 0 Å². The Morgan fingerprint density at radius 3 is 2.71 bits per heavy atom. The minimum absolute atomic E-state index is 0.192. The molecule has 1 N–H and O–H groups in total. The monoisotopic (exact) mass is 201 g/mol. The van der Waals surface area contributed by atoms with Gasteiger partial charge in [0.25, 0.3) is 0 Å². The summed E-state index contributed by atoms with van der Waals surface area (Å²) in [6, 6.07) is 0. The van der Waals surface area contributed by atoms with Crippen molar-refractivity contribution in [3.05, 3.63) is 0 Å². The average Bonchev–Trinajstić information content (AvgIpc) is 2.14. The van der Waals surface area contributed by atoms with Crippen LogP contribution < -0.4 is 0 Å². The van der Waals surface area contributed by atoms with Crippen molar-refractivity contribution in [2.45, 2.75) is 38.6 Å². The average molecular weight is 201 g/mol. The molecular weight excluding hydrogens is 178 g/mol. The Bertz CT molecular complexity index is 159. The predicted molar refractivity (Wildman–Crippen MR) is 57.4 cm³/mol. The van der Waals surface area contributed by atoms with Crippen molar-refractivity contribution in [2.24, 2.45) is 0 Å². The largest absolute Gasteiger partial charge is 0.396 e. The molecule has 84 valence electrons. The van der Waals surface area contributed by atoms with E-state index in [0.717, 1.165) is 39.1 Å². The summed E-state index contributed by atoms with van der Waals surface area (Å²) in [5.41, 5.74) is 0.192. The zero-order chi connectivity index (χ0) is 10.4. The highest BCUT2D eigenvalue weighted by Crippen LogP contribution is 2.19. The Hall–Kier alpha value is -0.120. The Balaban J connectivity index is 2.20. The molecule has 0 amide bonds. The van der Waals surface area contributed by atoms with E-state index in [-0.39, 0.29) is 5.54 Å². The number of hydrogen-bond acceptors (Lipinski definition) is 3. The van der Waals surface area contributed by atoms with Crippen LogP contribution in [-0.2, 0) is 4.74 Å². The number of unbranched alkanes of at least 4 members (excludes halogenated alkanes) is 2. The number of morpholine rings is 1. The lowest BCUT2D eigenvalue weighted by atomic mass is 10.0. The fourth-order valence-corrected chi connectivity index (χ4v) is 1.90. The van der Waals surface area contributed by atoms with Crippen molar-refractivity contribution in [3.8, 4) is 0 Å². The molecule has 3 heteroatoms. The van der Waals surface area contributed by atoms with E-state index >= 15 is 0 Å². The van der Waals surface area contributed by atoms with Gasteiger partial charge in [0.15, 0.2) is 0 Å². The van der Waals surface area contributed by atoms with Crippen LogP contribution in [0.3, 0.4) is 0 Å². The van der Waals surface area contributed by atoms with Crippen LogP contribution in [0.15, 0.2) is 0 Å². The lowest BCUT2D eigenvalue weighted by Gasteiger charge is -2.42. The minimum atomic E-state index is 0.192. The maximum Gasteiger partial charge on any atom is 0.0645 e.